The van der Waals surface area contributed by atoms with E-state index in [0.717, 1.165) is 4.40 Å². The number of hydrogen-bond donors (Lipinski definition) is 7. The molecule has 1 aromatic carbocycles. The van der Waals surface area contributed by atoms with Crippen molar-refractivity contribution in [3.63, 3.8) is 0 Å². The van der Waals surface area contributed by atoms with Gasteiger partial charge in [0.2, 0.25) is 5.91 Å². The summed E-state index contributed by atoms with van der Waals surface area (Å²) in [6, 6.07) is 0. The number of aromatic nitrogens is 2. The Balaban J connectivity index is 2.54. The van der Waals surface area contributed by atoms with E-state index in [1.165, 1.54) is 32.8 Å². The van der Waals surface area contributed by atoms with Crippen LogP contribution in [0.3, 0.4) is 0 Å². The highest BCUT2D eigenvalue weighted by Gasteiger charge is 2.29. The van der Waals surface area contributed by atoms with Crippen molar-refractivity contribution in [2.45, 2.75) is 20.3 Å². The van der Waals surface area contributed by atoms with Crippen LogP contribution in [0.15, 0.2) is 4.79 Å². The van der Waals surface area contributed by atoms with Crippen LogP contribution < -0.4 is 5.56 Å². The zero-order valence-electron chi connectivity index (χ0n) is 16.6. The highest BCUT2D eigenvalue weighted by Crippen LogP contribution is 2.51. The maximum atomic E-state index is 12.8. The van der Waals surface area contributed by atoms with Gasteiger partial charge in [0.1, 0.15) is 0 Å². The summed E-state index contributed by atoms with van der Waals surface area (Å²) in [6.45, 7) is 2.53. The molecule has 0 saturated carbocycles. The number of carbonyl (C=O) groups is 1. The van der Waals surface area contributed by atoms with Crippen molar-refractivity contribution < 1.29 is 35.4 Å². The van der Waals surface area contributed by atoms with Crippen LogP contribution in [0, 0.1) is 13.8 Å². The number of fused-ring (bicyclic) bond motifs is 1. The first-order valence-electron chi connectivity index (χ1n) is 8.75. The SMILES string of the molecule is Cc1c(O)c(O)c(-c2[nH]c3c(O)c(O)c(C)c(=O)n3c2CC(=O)N(C)C)c(O)c1O. The van der Waals surface area contributed by atoms with Gasteiger partial charge in [-0.25, -0.2) is 0 Å². The summed E-state index contributed by atoms with van der Waals surface area (Å²) in [5, 5.41) is 61.5. The van der Waals surface area contributed by atoms with Gasteiger partial charge < -0.3 is 40.5 Å². The summed E-state index contributed by atoms with van der Waals surface area (Å²) < 4.78 is 0.925. The molecule has 0 spiro atoms. The maximum absolute atomic E-state index is 12.8. The number of phenols is 4. The van der Waals surface area contributed by atoms with Gasteiger partial charge in [-0.15, -0.1) is 0 Å². The molecule has 0 fully saturated rings. The molecular weight excluding hydrogens is 398 g/mol. The number of nitrogens with one attached hydrogen (secondary N) is 1. The normalized spacial score (nSPS) is 11.2. The molecule has 7 N–H and O–H groups in total. The number of nitrogens with zero attached hydrogens (tertiary/aromatic N) is 2. The number of aromatic amines is 1. The van der Waals surface area contributed by atoms with Gasteiger partial charge >= 0.3 is 0 Å². The zero-order chi connectivity index (χ0) is 22.7. The van der Waals surface area contributed by atoms with Gasteiger partial charge in [0.05, 0.1) is 28.9 Å². The predicted molar refractivity (Wildman–Crippen MR) is 105 cm³/mol. The highest BCUT2D eigenvalue weighted by molar-refractivity contribution is 5.88. The number of carbonyl (C=O) groups excluding carboxylic acids is 1. The minimum atomic E-state index is -0.818. The number of amides is 1. The average molecular weight is 419 g/mol. The Kier molecular flexibility index (Phi) is 4.69. The van der Waals surface area contributed by atoms with Gasteiger partial charge in [-0.3, -0.25) is 14.0 Å². The Bertz CT molecular complexity index is 1240. The number of pyridine rings is 1. The van der Waals surface area contributed by atoms with E-state index >= 15 is 0 Å². The van der Waals surface area contributed by atoms with Crippen molar-refractivity contribution in [2.75, 3.05) is 14.1 Å². The number of rotatable bonds is 3. The van der Waals surface area contributed by atoms with Gasteiger partial charge in [-0.2, -0.15) is 0 Å². The van der Waals surface area contributed by atoms with Crippen LogP contribution in [0.2, 0.25) is 0 Å². The molecule has 0 radical (unpaired) electrons. The van der Waals surface area contributed by atoms with Crippen LogP contribution >= 0.6 is 0 Å². The van der Waals surface area contributed by atoms with E-state index < -0.39 is 57.9 Å². The Morgan fingerprint density at radius 2 is 1.37 bits per heavy atom. The van der Waals surface area contributed by atoms with Crippen LogP contribution in [-0.2, 0) is 11.2 Å². The molecule has 160 valence electrons. The lowest BCUT2D eigenvalue weighted by Gasteiger charge is -2.15. The number of H-pyrrole nitrogens is 1. The number of imidazole rings is 1. The van der Waals surface area contributed by atoms with Crippen molar-refractivity contribution in [1.29, 1.82) is 0 Å². The summed E-state index contributed by atoms with van der Waals surface area (Å²) in [6.07, 6.45) is -0.416. The fraction of sp³-hybridized carbons (Fsp3) is 0.263. The summed E-state index contributed by atoms with van der Waals surface area (Å²) in [5.74, 6) is -4.92. The van der Waals surface area contributed by atoms with Crippen LogP contribution in [0.4, 0.5) is 0 Å². The molecule has 2 heterocycles. The quantitative estimate of drug-likeness (QED) is 0.240. The summed E-state index contributed by atoms with van der Waals surface area (Å²) in [4.78, 5) is 29.0. The minimum absolute atomic E-state index is 0.0830. The number of likely N-dealkylation sites (N-methyl/N-ethyl adjacent to an activating group) is 1. The second-order valence-corrected chi connectivity index (χ2v) is 7.12. The van der Waals surface area contributed by atoms with E-state index in [1.807, 2.05) is 0 Å². The molecule has 0 unspecified atom stereocenters. The van der Waals surface area contributed by atoms with Crippen molar-refractivity contribution in [3.05, 3.63) is 27.2 Å². The third kappa shape index (κ3) is 2.74. The molecule has 3 rings (SSSR count). The Morgan fingerprint density at radius 3 is 1.87 bits per heavy atom. The molecular formula is C19H21N3O8. The average Bonchev–Trinajstić information content (AvgIpc) is 3.06. The molecule has 11 nitrogen and oxygen atoms in total. The zero-order valence-corrected chi connectivity index (χ0v) is 16.6. The van der Waals surface area contributed by atoms with Crippen LogP contribution in [-0.4, -0.2) is 64.9 Å². The van der Waals surface area contributed by atoms with Crippen LogP contribution in [0.25, 0.3) is 16.9 Å². The Labute approximate surface area is 169 Å². The minimum Gasteiger partial charge on any atom is -0.504 e. The molecule has 0 aliphatic heterocycles. The van der Waals surface area contributed by atoms with Gasteiger partial charge in [-0.05, 0) is 13.8 Å². The third-order valence-electron chi connectivity index (χ3n) is 5.05. The molecule has 1 amide bonds. The number of hydrogen-bond acceptors (Lipinski definition) is 8. The topological polar surface area (TPSA) is 179 Å². The smallest absolute Gasteiger partial charge is 0.263 e. The van der Waals surface area contributed by atoms with Crippen LogP contribution in [0.1, 0.15) is 16.8 Å². The summed E-state index contributed by atoms with van der Waals surface area (Å²) >= 11 is 0. The molecule has 0 aliphatic rings. The number of benzene rings is 1. The fourth-order valence-electron chi connectivity index (χ4n) is 3.17. The van der Waals surface area contributed by atoms with Crippen molar-refractivity contribution >= 4 is 11.6 Å². The van der Waals surface area contributed by atoms with E-state index in [2.05, 4.69) is 4.98 Å². The molecule has 30 heavy (non-hydrogen) atoms. The van der Waals surface area contributed by atoms with E-state index in [0.29, 0.717) is 0 Å². The molecule has 0 atom stereocenters. The van der Waals surface area contributed by atoms with E-state index in [9.17, 15) is 40.2 Å². The standard InChI is InChI=1S/C19H21N3O8/c1-6-12(24)15(27)10(16(28)13(6)25)11-8(5-9(23)21(3)4)22-18(20-11)17(29)14(26)7(2)19(22)30/h20,24-29H,5H2,1-4H3. The second-order valence-electron chi connectivity index (χ2n) is 7.12. The van der Waals surface area contributed by atoms with E-state index in [-0.39, 0.29) is 28.2 Å². The molecule has 0 saturated heterocycles. The lowest BCUT2D eigenvalue weighted by atomic mass is 10.0. The first-order chi connectivity index (χ1) is 13.9. The largest absolute Gasteiger partial charge is 0.504 e. The molecule has 2 aromatic heterocycles. The molecule has 0 aliphatic carbocycles. The molecule has 0 bridgehead atoms. The highest BCUT2D eigenvalue weighted by atomic mass is 16.3. The van der Waals surface area contributed by atoms with Crippen LogP contribution in [0.5, 0.6) is 34.5 Å². The number of phenolic OH excluding ortho intramolecular Hbond substituents is 4. The van der Waals surface area contributed by atoms with E-state index in [4.69, 9.17) is 0 Å². The molecule has 11 heteroatoms. The lowest BCUT2D eigenvalue weighted by molar-refractivity contribution is -0.128. The Hall–Kier alpha value is -4.02. The lowest BCUT2D eigenvalue weighted by Crippen LogP contribution is -2.26. The second kappa shape index (κ2) is 6.79. The summed E-state index contributed by atoms with van der Waals surface area (Å²) in [5.41, 5.74) is -2.25. The van der Waals surface area contributed by atoms with Crippen molar-refractivity contribution in [3.8, 4) is 45.8 Å². The van der Waals surface area contributed by atoms with Gasteiger partial charge in [-0.1, -0.05) is 0 Å². The van der Waals surface area contributed by atoms with Gasteiger partial charge in [0.25, 0.3) is 5.56 Å². The van der Waals surface area contributed by atoms with Gasteiger partial charge in [0.15, 0.2) is 40.1 Å². The van der Waals surface area contributed by atoms with Crippen molar-refractivity contribution in [2.24, 2.45) is 0 Å². The molecule has 3 aromatic rings. The third-order valence-corrected chi connectivity index (χ3v) is 5.05. The predicted octanol–water partition coefficient (Wildman–Crippen LogP) is 0.776. The maximum Gasteiger partial charge on any atom is 0.263 e. The first kappa shape index (κ1) is 20.7. The first-order valence-corrected chi connectivity index (χ1v) is 8.75. The van der Waals surface area contributed by atoms with E-state index in [1.54, 1.807) is 0 Å². The Morgan fingerprint density at radius 1 is 0.867 bits per heavy atom. The van der Waals surface area contributed by atoms with Crippen molar-refractivity contribution in [1.82, 2.24) is 14.3 Å². The monoisotopic (exact) mass is 419 g/mol. The fourth-order valence-corrected chi connectivity index (χ4v) is 3.17. The summed E-state index contributed by atoms with van der Waals surface area (Å²) in [7, 11) is 2.96. The number of aromatic hydroxyl groups is 6. The van der Waals surface area contributed by atoms with Gasteiger partial charge in [0, 0.05) is 19.7 Å².